The van der Waals surface area contributed by atoms with Gasteiger partial charge in [-0.1, -0.05) is 20.8 Å². The molecule has 2 rings (SSSR count). The van der Waals surface area contributed by atoms with Crippen molar-refractivity contribution < 1.29 is 9.90 Å². The molecular weight excluding hydrogens is 234 g/mol. The third kappa shape index (κ3) is 1.85. The van der Waals surface area contributed by atoms with Gasteiger partial charge in [0.2, 0.25) is 5.82 Å². The Bertz CT molecular complexity index is 638. The molecule has 0 aromatic carbocycles. The maximum absolute atomic E-state index is 10.9. The summed E-state index contributed by atoms with van der Waals surface area (Å²) in [6, 6.07) is 2.84. The third-order valence-electron chi connectivity index (χ3n) is 2.64. The third-order valence-corrected chi connectivity index (χ3v) is 2.64. The number of pyridine rings is 1. The van der Waals surface area contributed by atoms with Crippen LogP contribution in [0.1, 0.15) is 36.8 Å². The molecule has 0 saturated carbocycles. The van der Waals surface area contributed by atoms with Crippen molar-refractivity contribution in [1.29, 1.82) is 0 Å². The summed E-state index contributed by atoms with van der Waals surface area (Å²) >= 11 is 0. The maximum Gasteiger partial charge on any atom is 0.335 e. The van der Waals surface area contributed by atoms with E-state index in [-0.39, 0.29) is 16.8 Å². The van der Waals surface area contributed by atoms with Crippen molar-refractivity contribution >= 4 is 17.4 Å². The Balaban J connectivity index is 2.76. The zero-order chi connectivity index (χ0) is 13.5. The molecular formula is C12H13N3O3. The number of hydrogen-bond donors (Lipinski definition) is 1. The molecule has 0 radical (unpaired) electrons. The Morgan fingerprint density at radius 3 is 2.61 bits per heavy atom. The first kappa shape index (κ1) is 12.2. The molecule has 0 aliphatic carbocycles. The van der Waals surface area contributed by atoms with Gasteiger partial charge >= 0.3 is 5.97 Å². The zero-order valence-electron chi connectivity index (χ0n) is 10.3. The minimum absolute atomic E-state index is 0.130. The van der Waals surface area contributed by atoms with E-state index in [4.69, 9.17) is 5.11 Å². The molecule has 0 atom stereocenters. The van der Waals surface area contributed by atoms with Crippen LogP contribution in [0, 0.1) is 4.91 Å². The van der Waals surface area contributed by atoms with Gasteiger partial charge in [-0.25, -0.2) is 9.78 Å². The van der Waals surface area contributed by atoms with E-state index in [0.717, 1.165) is 0 Å². The van der Waals surface area contributed by atoms with Gasteiger partial charge < -0.3 is 5.11 Å². The summed E-state index contributed by atoms with van der Waals surface area (Å²) in [5.74, 6) is -0.812. The van der Waals surface area contributed by atoms with Crippen LogP contribution in [-0.2, 0) is 5.41 Å². The molecule has 0 fully saturated rings. The number of fused-ring (bicyclic) bond motifs is 1. The minimum Gasteiger partial charge on any atom is -0.478 e. The Morgan fingerprint density at radius 2 is 2.11 bits per heavy atom. The fourth-order valence-electron chi connectivity index (χ4n) is 1.76. The number of carboxylic acids is 1. The van der Waals surface area contributed by atoms with Gasteiger partial charge in [-0.2, -0.15) is 0 Å². The van der Waals surface area contributed by atoms with E-state index < -0.39 is 5.97 Å². The highest BCUT2D eigenvalue weighted by Crippen LogP contribution is 2.31. The van der Waals surface area contributed by atoms with Crippen LogP contribution in [0.15, 0.2) is 23.5 Å². The maximum atomic E-state index is 10.9. The van der Waals surface area contributed by atoms with Crippen LogP contribution in [0.25, 0.3) is 5.65 Å². The van der Waals surface area contributed by atoms with Gasteiger partial charge in [-0.3, -0.25) is 4.40 Å². The fourth-order valence-corrected chi connectivity index (χ4v) is 1.76. The molecule has 2 aromatic heterocycles. The molecule has 6 nitrogen and oxygen atoms in total. The summed E-state index contributed by atoms with van der Waals surface area (Å²) in [5.41, 5.74) is 0.762. The Labute approximate surface area is 103 Å². The Morgan fingerprint density at radius 1 is 1.44 bits per heavy atom. The number of nitroso groups, excluding NO2 is 1. The molecule has 0 saturated heterocycles. The summed E-state index contributed by atoms with van der Waals surface area (Å²) in [6.07, 6.45) is 1.50. The van der Waals surface area contributed by atoms with Crippen LogP contribution in [0.4, 0.5) is 5.82 Å². The minimum atomic E-state index is -1.03. The molecule has 0 bridgehead atoms. The van der Waals surface area contributed by atoms with E-state index in [2.05, 4.69) is 10.2 Å². The molecule has 6 heteroatoms. The first-order valence-electron chi connectivity index (χ1n) is 5.44. The van der Waals surface area contributed by atoms with Gasteiger partial charge in [0, 0.05) is 11.6 Å². The average Bonchev–Trinajstić information content (AvgIpc) is 2.65. The second-order valence-electron chi connectivity index (χ2n) is 5.07. The normalized spacial score (nSPS) is 11.7. The first-order chi connectivity index (χ1) is 8.34. The molecule has 1 N–H and O–H groups in total. The predicted molar refractivity (Wildman–Crippen MR) is 66.3 cm³/mol. The molecule has 2 aromatic rings. The topological polar surface area (TPSA) is 84.0 Å². The zero-order valence-corrected chi connectivity index (χ0v) is 10.3. The molecule has 18 heavy (non-hydrogen) atoms. The highest BCUT2D eigenvalue weighted by atomic mass is 16.4. The van der Waals surface area contributed by atoms with Gasteiger partial charge in [0.05, 0.1) is 11.3 Å². The van der Waals surface area contributed by atoms with Crippen LogP contribution in [0.2, 0.25) is 0 Å². The lowest BCUT2D eigenvalue weighted by Gasteiger charge is -2.14. The Kier molecular flexibility index (Phi) is 2.65. The fraction of sp³-hybridized carbons (Fsp3) is 0.333. The number of carbonyl (C=O) groups is 1. The molecule has 0 aliphatic heterocycles. The van der Waals surface area contributed by atoms with Crippen molar-refractivity contribution in [2.75, 3.05) is 0 Å². The molecule has 0 aliphatic rings. The van der Waals surface area contributed by atoms with Crippen molar-refractivity contribution in [1.82, 2.24) is 9.38 Å². The molecule has 0 unspecified atom stereocenters. The number of imidazole rings is 1. The van der Waals surface area contributed by atoms with E-state index in [9.17, 15) is 9.70 Å². The number of nitrogens with zero attached hydrogens (tertiary/aromatic N) is 3. The van der Waals surface area contributed by atoms with Gasteiger partial charge in [0.15, 0.2) is 0 Å². The van der Waals surface area contributed by atoms with Crippen molar-refractivity contribution in [2.24, 2.45) is 5.18 Å². The molecule has 2 heterocycles. The number of aromatic carboxylic acids is 1. The summed E-state index contributed by atoms with van der Waals surface area (Å²) in [5, 5.41) is 11.9. The quantitative estimate of drug-likeness (QED) is 0.827. The van der Waals surface area contributed by atoms with E-state index in [1.165, 1.54) is 22.7 Å². The number of hydrogen-bond acceptors (Lipinski definition) is 4. The smallest absolute Gasteiger partial charge is 0.335 e. The van der Waals surface area contributed by atoms with E-state index in [0.29, 0.717) is 11.3 Å². The van der Waals surface area contributed by atoms with Crippen LogP contribution >= 0.6 is 0 Å². The number of carboxylic acid groups (broad SMARTS) is 1. The van der Waals surface area contributed by atoms with E-state index >= 15 is 0 Å². The second kappa shape index (κ2) is 3.90. The summed E-state index contributed by atoms with van der Waals surface area (Å²) in [7, 11) is 0. The van der Waals surface area contributed by atoms with E-state index in [1.807, 2.05) is 20.8 Å². The van der Waals surface area contributed by atoms with Crippen molar-refractivity contribution in [2.45, 2.75) is 26.2 Å². The van der Waals surface area contributed by atoms with Crippen molar-refractivity contribution in [3.05, 3.63) is 34.5 Å². The molecule has 0 spiro atoms. The number of rotatable bonds is 2. The Hall–Kier alpha value is -2.24. The van der Waals surface area contributed by atoms with Crippen LogP contribution in [0.3, 0.4) is 0 Å². The largest absolute Gasteiger partial charge is 0.478 e. The lowest BCUT2D eigenvalue weighted by Crippen LogP contribution is -2.11. The lowest BCUT2D eigenvalue weighted by atomic mass is 9.92. The van der Waals surface area contributed by atoms with Crippen LogP contribution < -0.4 is 0 Å². The van der Waals surface area contributed by atoms with Gasteiger partial charge in [-0.15, -0.1) is 4.91 Å². The SMILES string of the molecule is CC(C)(C)c1nc2cc(C(=O)O)ccn2c1N=O. The average molecular weight is 247 g/mol. The van der Waals surface area contributed by atoms with E-state index in [1.54, 1.807) is 0 Å². The lowest BCUT2D eigenvalue weighted by molar-refractivity contribution is 0.0697. The van der Waals surface area contributed by atoms with Crippen molar-refractivity contribution in [3.63, 3.8) is 0 Å². The summed E-state index contributed by atoms with van der Waals surface area (Å²) in [6.45, 7) is 5.75. The molecule has 94 valence electrons. The standard InChI is InChI=1S/C12H13N3O3/c1-12(2,3)9-10(14-18)15-5-4-7(11(16)17)6-8(15)13-9/h4-6H,1-3H3,(H,16,17). The van der Waals surface area contributed by atoms with Gasteiger partial charge in [0.1, 0.15) is 5.65 Å². The van der Waals surface area contributed by atoms with Gasteiger partial charge in [-0.05, 0) is 17.3 Å². The monoisotopic (exact) mass is 247 g/mol. The molecule has 0 amide bonds. The van der Waals surface area contributed by atoms with Crippen LogP contribution in [-0.4, -0.2) is 20.5 Å². The summed E-state index contributed by atoms with van der Waals surface area (Å²) < 4.78 is 1.50. The first-order valence-corrected chi connectivity index (χ1v) is 5.44. The number of aromatic nitrogens is 2. The second-order valence-corrected chi connectivity index (χ2v) is 5.07. The highest BCUT2D eigenvalue weighted by Gasteiger charge is 2.25. The highest BCUT2D eigenvalue weighted by molar-refractivity contribution is 5.88. The van der Waals surface area contributed by atoms with Crippen LogP contribution in [0.5, 0.6) is 0 Å². The van der Waals surface area contributed by atoms with Gasteiger partial charge in [0.25, 0.3) is 0 Å². The van der Waals surface area contributed by atoms with Crippen molar-refractivity contribution in [3.8, 4) is 0 Å². The summed E-state index contributed by atoms with van der Waals surface area (Å²) in [4.78, 5) is 26.1. The predicted octanol–water partition coefficient (Wildman–Crippen LogP) is 2.73.